The van der Waals surface area contributed by atoms with Crippen molar-refractivity contribution in [3.05, 3.63) is 78.0 Å². The van der Waals surface area contributed by atoms with E-state index in [0.717, 1.165) is 17.0 Å². The molecule has 0 bridgehead atoms. The minimum atomic E-state index is -0.154. The van der Waals surface area contributed by atoms with Crippen LogP contribution in [0.2, 0.25) is 0 Å². The molecular formula is C22H23N3O2. The molecule has 1 heterocycles. The van der Waals surface area contributed by atoms with E-state index in [1.807, 2.05) is 69.3 Å². The molecule has 0 saturated carbocycles. The monoisotopic (exact) mass is 361 g/mol. The molecule has 0 atom stereocenters. The second-order valence-corrected chi connectivity index (χ2v) is 6.57. The van der Waals surface area contributed by atoms with E-state index in [0.29, 0.717) is 17.1 Å². The zero-order valence-corrected chi connectivity index (χ0v) is 15.7. The van der Waals surface area contributed by atoms with E-state index in [1.54, 1.807) is 18.3 Å². The van der Waals surface area contributed by atoms with E-state index in [9.17, 15) is 4.79 Å². The first-order valence-electron chi connectivity index (χ1n) is 8.87. The van der Waals surface area contributed by atoms with Crippen LogP contribution in [0.3, 0.4) is 0 Å². The molecule has 5 nitrogen and oxygen atoms in total. The predicted molar refractivity (Wildman–Crippen MR) is 109 cm³/mol. The fraction of sp³-hybridized carbons (Fsp3) is 0.182. The van der Waals surface area contributed by atoms with Crippen LogP contribution in [0.5, 0.6) is 5.75 Å². The number of anilines is 3. The number of carbonyl (C=O) groups excluding carboxylic acids is 1. The highest BCUT2D eigenvalue weighted by molar-refractivity contribution is 6.04. The number of amides is 1. The standard InChI is InChI=1S/C22H23N3O2/c1-15(2)27-20-11-8-18(9-12-20)24-21-13-10-19(14-23-21)25-22(26)17-6-4-16(3)5-7-17/h4-15H,1-3H3,(H,23,24)(H,25,26). The number of hydrogen-bond donors (Lipinski definition) is 2. The first-order valence-corrected chi connectivity index (χ1v) is 8.87. The van der Waals surface area contributed by atoms with Gasteiger partial charge >= 0.3 is 0 Å². The summed E-state index contributed by atoms with van der Waals surface area (Å²) in [5, 5.41) is 6.07. The van der Waals surface area contributed by atoms with Crippen LogP contribution in [0.4, 0.5) is 17.2 Å². The summed E-state index contributed by atoms with van der Waals surface area (Å²) in [6.45, 7) is 5.98. The summed E-state index contributed by atoms with van der Waals surface area (Å²) in [5.74, 6) is 1.37. The van der Waals surface area contributed by atoms with E-state index in [1.165, 1.54) is 0 Å². The zero-order valence-electron chi connectivity index (χ0n) is 15.7. The lowest BCUT2D eigenvalue weighted by Gasteiger charge is -2.11. The van der Waals surface area contributed by atoms with Crippen molar-refractivity contribution in [2.45, 2.75) is 26.9 Å². The highest BCUT2D eigenvalue weighted by atomic mass is 16.5. The number of rotatable bonds is 6. The maximum absolute atomic E-state index is 12.2. The lowest BCUT2D eigenvalue weighted by atomic mass is 10.1. The van der Waals surface area contributed by atoms with Crippen LogP contribution < -0.4 is 15.4 Å². The molecule has 5 heteroatoms. The molecule has 0 aliphatic heterocycles. The number of aryl methyl sites for hydroxylation is 1. The SMILES string of the molecule is Cc1ccc(C(=O)Nc2ccc(Nc3ccc(OC(C)C)cc3)nc2)cc1. The number of nitrogens with zero attached hydrogens (tertiary/aromatic N) is 1. The fourth-order valence-electron chi connectivity index (χ4n) is 2.49. The first kappa shape index (κ1) is 18.5. The van der Waals surface area contributed by atoms with Gasteiger partial charge in [-0.05, 0) is 69.3 Å². The quantitative estimate of drug-likeness (QED) is 0.635. The van der Waals surface area contributed by atoms with E-state index >= 15 is 0 Å². The Morgan fingerprint density at radius 1 is 0.926 bits per heavy atom. The summed E-state index contributed by atoms with van der Waals surface area (Å²) < 4.78 is 5.63. The van der Waals surface area contributed by atoms with Crippen molar-refractivity contribution < 1.29 is 9.53 Å². The topological polar surface area (TPSA) is 63.2 Å². The molecule has 3 aromatic rings. The van der Waals surface area contributed by atoms with E-state index in [-0.39, 0.29) is 12.0 Å². The Morgan fingerprint density at radius 3 is 2.19 bits per heavy atom. The molecule has 0 radical (unpaired) electrons. The molecule has 0 fully saturated rings. The molecule has 138 valence electrons. The molecule has 1 amide bonds. The van der Waals surface area contributed by atoms with Gasteiger partial charge in [-0.1, -0.05) is 17.7 Å². The molecular weight excluding hydrogens is 338 g/mol. The first-order chi connectivity index (χ1) is 13.0. The Kier molecular flexibility index (Phi) is 5.71. The van der Waals surface area contributed by atoms with Gasteiger partial charge in [-0.25, -0.2) is 4.98 Å². The second kappa shape index (κ2) is 8.36. The summed E-state index contributed by atoms with van der Waals surface area (Å²) >= 11 is 0. The van der Waals surface area contributed by atoms with Crippen molar-refractivity contribution in [3.63, 3.8) is 0 Å². The van der Waals surface area contributed by atoms with Gasteiger partial charge in [0.15, 0.2) is 0 Å². The molecule has 2 aromatic carbocycles. The number of ether oxygens (including phenoxy) is 1. The highest BCUT2D eigenvalue weighted by Crippen LogP contribution is 2.20. The van der Waals surface area contributed by atoms with Gasteiger partial charge in [0.1, 0.15) is 11.6 Å². The average Bonchev–Trinajstić information content (AvgIpc) is 2.65. The van der Waals surface area contributed by atoms with Crippen LogP contribution in [0, 0.1) is 6.92 Å². The summed E-state index contributed by atoms with van der Waals surface area (Å²) in [4.78, 5) is 16.6. The molecule has 2 N–H and O–H groups in total. The molecule has 0 spiro atoms. The van der Waals surface area contributed by atoms with Gasteiger partial charge in [-0.2, -0.15) is 0 Å². The summed E-state index contributed by atoms with van der Waals surface area (Å²) in [5.41, 5.74) is 3.29. The van der Waals surface area contributed by atoms with Gasteiger partial charge in [0.2, 0.25) is 0 Å². The third-order valence-electron chi connectivity index (χ3n) is 3.83. The van der Waals surface area contributed by atoms with Gasteiger partial charge in [0.25, 0.3) is 5.91 Å². The molecule has 0 aliphatic carbocycles. The number of pyridine rings is 1. The second-order valence-electron chi connectivity index (χ2n) is 6.57. The highest BCUT2D eigenvalue weighted by Gasteiger charge is 2.06. The van der Waals surface area contributed by atoms with Crippen molar-refractivity contribution in [3.8, 4) is 5.75 Å². The lowest BCUT2D eigenvalue weighted by Crippen LogP contribution is -2.12. The van der Waals surface area contributed by atoms with E-state index in [4.69, 9.17) is 4.74 Å². The Bertz CT molecular complexity index is 886. The van der Waals surface area contributed by atoms with Gasteiger partial charge < -0.3 is 15.4 Å². The Hall–Kier alpha value is -3.34. The van der Waals surface area contributed by atoms with Crippen LogP contribution in [0.25, 0.3) is 0 Å². The normalized spacial score (nSPS) is 10.5. The Balaban J connectivity index is 1.60. The molecule has 27 heavy (non-hydrogen) atoms. The van der Waals surface area contributed by atoms with Crippen LogP contribution in [-0.2, 0) is 0 Å². The smallest absolute Gasteiger partial charge is 0.255 e. The van der Waals surface area contributed by atoms with Gasteiger partial charge in [-0.3, -0.25) is 4.79 Å². The summed E-state index contributed by atoms with van der Waals surface area (Å²) in [6.07, 6.45) is 1.78. The van der Waals surface area contributed by atoms with Crippen LogP contribution in [0.1, 0.15) is 29.8 Å². The molecule has 0 aliphatic rings. The Labute approximate surface area is 159 Å². The maximum Gasteiger partial charge on any atom is 0.255 e. The molecule has 0 unspecified atom stereocenters. The molecule has 1 aromatic heterocycles. The van der Waals surface area contributed by atoms with E-state index < -0.39 is 0 Å². The van der Waals surface area contributed by atoms with Crippen LogP contribution in [0.15, 0.2) is 66.9 Å². The minimum Gasteiger partial charge on any atom is -0.491 e. The number of nitrogens with one attached hydrogen (secondary N) is 2. The van der Waals surface area contributed by atoms with Gasteiger partial charge in [-0.15, -0.1) is 0 Å². The number of aromatic nitrogens is 1. The van der Waals surface area contributed by atoms with E-state index in [2.05, 4.69) is 15.6 Å². The van der Waals surface area contributed by atoms with Crippen molar-refractivity contribution >= 4 is 23.1 Å². The van der Waals surface area contributed by atoms with Crippen molar-refractivity contribution in [1.82, 2.24) is 4.98 Å². The number of hydrogen-bond acceptors (Lipinski definition) is 4. The maximum atomic E-state index is 12.2. The lowest BCUT2D eigenvalue weighted by molar-refractivity contribution is 0.102. The van der Waals surface area contributed by atoms with Crippen molar-refractivity contribution in [2.24, 2.45) is 0 Å². The van der Waals surface area contributed by atoms with Gasteiger partial charge in [0.05, 0.1) is 18.0 Å². The number of benzene rings is 2. The third-order valence-corrected chi connectivity index (χ3v) is 3.83. The van der Waals surface area contributed by atoms with Crippen LogP contribution in [-0.4, -0.2) is 17.0 Å². The zero-order chi connectivity index (χ0) is 19.2. The molecule has 0 saturated heterocycles. The third kappa shape index (κ3) is 5.31. The predicted octanol–water partition coefficient (Wildman–Crippen LogP) is 5.17. The fourth-order valence-corrected chi connectivity index (χ4v) is 2.49. The minimum absolute atomic E-state index is 0.146. The van der Waals surface area contributed by atoms with Crippen molar-refractivity contribution in [2.75, 3.05) is 10.6 Å². The van der Waals surface area contributed by atoms with Crippen LogP contribution >= 0.6 is 0 Å². The molecule has 3 rings (SSSR count). The summed E-state index contributed by atoms with van der Waals surface area (Å²) in [7, 11) is 0. The Morgan fingerprint density at radius 2 is 1.59 bits per heavy atom. The van der Waals surface area contributed by atoms with Gasteiger partial charge in [0, 0.05) is 11.3 Å². The summed E-state index contributed by atoms with van der Waals surface area (Å²) in [6, 6.07) is 18.8. The average molecular weight is 361 g/mol. The number of carbonyl (C=O) groups is 1. The van der Waals surface area contributed by atoms with Crippen molar-refractivity contribution in [1.29, 1.82) is 0 Å². The largest absolute Gasteiger partial charge is 0.491 e.